The van der Waals surface area contributed by atoms with Crippen molar-refractivity contribution in [3.8, 4) is 5.75 Å². The van der Waals surface area contributed by atoms with E-state index in [0.29, 0.717) is 0 Å². The quantitative estimate of drug-likeness (QED) is 0.383. The molecule has 0 aliphatic rings. The van der Waals surface area contributed by atoms with Gasteiger partial charge in [0.1, 0.15) is 11.9 Å². The summed E-state index contributed by atoms with van der Waals surface area (Å²) in [5, 5.41) is 2.31. The molecule has 0 heterocycles. The van der Waals surface area contributed by atoms with E-state index < -0.39 is 0 Å². The number of benzene rings is 4. The van der Waals surface area contributed by atoms with Crippen LogP contribution in [0.1, 0.15) is 36.5 Å². The Hall–Kier alpha value is -3.26. The summed E-state index contributed by atoms with van der Waals surface area (Å²) >= 11 is 0. The number of fused-ring (bicyclic) bond motifs is 1. The molecule has 0 bridgehead atoms. The highest BCUT2D eigenvalue weighted by Gasteiger charge is 2.26. The minimum atomic E-state index is -0.123. The topological polar surface area (TPSA) is 35.2 Å². The van der Waals surface area contributed by atoms with E-state index in [0.717, 1.165) is 28.8 Å². The van der Waals surface area contributed by atoms with Crippen LogP contribution in [0.4, 0.5) is 5.69 Å². The molecule has 28 heavy (non-hydrogen) atoms. The number of rotatable bonds is 6. The lowest BCUT2D eigenvalue weighted by atomic mass is 9.86. The fourth-order valence-corrected chi connectivity index (χ4v) is 3.88. The molecule has 2 nitrogen and oxygen atoms in total. The molecule has 0 radical (unpaired) electrons. The molecule has 4 aromatic rings. The molecule has 4 rings (SSSR count). The van der Waals surface area contributed by atoms with E-state index in [4.69, 9.17) is 10.5 Å². The van der Waals surface area contributed by atoms with Crippen LogP contribution in [0.25, 0.3) is 10.8 Å². The molecule has 2 atom stereocenters. The van der Waals surface area contributed by atoms with Crippen LogP contribution in [0.15, 0.2) is 97.1 Å². The molecule has 2 unspecified atom stereocenters. The van der Waals surface area contributed by atoms with Gasteiger partial charge in [-0.2, -0.15) is 0 Å². The zero-order valence-electron chi connectivity index (χ0n) is 16.1. The summed E-state index contributed by atoms with van der Waals surface area (Å²) in [6.07, 6.45) is 0.843. The molecule has 4 aromatic carbocycles. The SMILES string of the molecule is CCC(c1ccccc1)C(Oc1cccc2ccccc12)c1cccc(N)c1. The summed E-state index contributed by atoms with van der Waals surface area (Å²) < 4.78 is 6.72. The Morgan fingerprint density at radius 3 is 2.21 bits per heavy atom. The van der Waals surface area contributed by atoms with Gasteiger partial charge < -0.3 is 10.5 Å². The van der Waals surface area contributed by atoms with Crippen molar-refractivity contribution >= 4 is 16.5 Å². The van der Waals surface area contributed by atoms with Gasteiger partial charge in [-0.1, -0.05) is 85.8 Å². The van der Waals surface area contributed by atoms with Gasteiger partial charge in [-0.25, -0.2) is 0 Å². The van der Waals surface area contributed by atoms with Crippen LogP contribution in [0.5, 0.6) is 5.75 Å². The van der Waals surface area contributed by atoms with Gasteiger partial charge in [-0.3, -0.25) is 0 Å². The summed E-state index contributed by atoms with van der Waals surface area (Å²) in [4.78, 5) is 0. The lowest BCUT2D eigenvalue weighted by Crippen LogP contribution is -2.17. The maximum atomic E-state index is 6.72. The number of anilines is 1. The second kappa shape index (κ2) is 8.18. The zero-order valence-corrected chi connectivity index (χ0v) is 16.1. The van der Waals surface area contributed by atoms with Gasteiger partial charge in [0.15, 0.2) is 0 Å². The fraction of sp³-hybridized carbons (Fsp3) is 0.154. The Morgan fingerprint density at radius 2 is 1.43 bits per heavy atom. The van der Waals surface area contributed by atoms with Gasteiger partial charge in [0, 0.05) is 17.0 Å². The summed E-state index contributed by atoms with van der Waals surface area (Å²) in [6.45, 7) is 2.21. The molecule has 0 saturated heterocycles. The molecule has 0 saturated carbocycles. The van der Waals surface area contributed by atoms with Crippen molar-refractivity contribution in [2.75, 3.05) is 5.73 Å². The number of nitrogen functional groups attached to an aromatic ring is 1. The molecule has 0 aromatic heterocycles. The normalized spacial score (nSPS) is 13.2. The Labute approximate surface area is 166 Å². The lowest BCUT2D eigenvalue weighted by Gasteiger charge is -2.29. The summed E-state index contributed by atoms with van der Waals surface area (Å²) in [7, 11) is 0. The number of ether oxygens (including phenoxy) is 1. The molecule has 0 aliphatic carbocycles. The maximum Gasteiger partial charge on any atom is 0.131 e. The van der Waals surface area contributed by atoms with Gasteiger partial charge >= 0.3 is 0 Å². The van der Waals surface area contributed by atoms with Crippen molar-refractivity contribution in [1.29, 1.82) is 0 Å². The molecular formula is C26H25NO. The standard InChI is InChI=1S/C26H25NO/c1-2-23(19-10-4-3-5-11-19)26(21-14-8-15-22(27)18-21)28-25-17-9-13-20-12-6-7-16-24(20)25/h3-18,23,26H,2,27H2,1H3. The summed E-state index contributed by atoms with van der Waals surface area (Å²) in [5.74, 6) is 1.13. The van der Waals surface area contributed by atoms with Crippen LogP contribution in [-0.2, 0) is 0 Å². The number of hydrogen-bond donors (Lipinski definition) is 1. The van der Waals surface area contributed by atoms with Crippen LogP contribution in [-0.4, -0.2) is 0 Å². The van der Waals surface area contributed by atoms with Crippen molar-refractivity contribution < 1.29 is 4.74 Å². The molecule has 0 fully saturated rings. The van der Waals surface area contributed by atoms with E-state index in [1.165, 1.54) is 10.9 Å². The molecule has 0 amide bonds. The van der Waals surface area contributed by atoms with E-state index in [1.807, 2.05) is 18.2 Å². The van der Waals surface area contributed by atoms with Crippen molar-refractivity contribution in [3.05, 3.63) is 108 Å². The first kappa shape index (κ1) is 18.1. The second-order valence-corrected chi connectivity index (χ2v) is 7.11. The van der Waals surface area contributed by atoms with E-state index >= 15 is 0 Å². The smallest absolute Gasteiger partial charge is 0.131 e. The van der Waals surface area contributed by atoms with Crippen molar-refractivity contribution in [2.45, 2.75) is 25.4 Å². The molecule has 2 heteroatoms. The fourth-order valence-electron chi connectivity index (χ4n) is 3.88. The van der Waals surface area contributed by atoms with E-state index in [9.17, 15) is 0 Å². The van der Waals surface area contributed by atoms with E-state index in [1.54, 1.807) is 0 Å². The third kappa shape index (κ3) is 3.72. The monoisotopic (exact) mass is 367 g/mol. The van der Waals surface area contributed by atoms with Gasteiger partial charge in [0.2, 0.25) is 0 Å². The first-order chi connectivity index (χ1) is 13.8. The van der Waals surface area contributed by atoms with Gasteiger partial charge in [-0.15, -0.1) is 0 Å². The lowest BCUT2D eigenvalue weighted by molar-refractivity contribution is 0.171. The second-order valence-electron chi connectivity index (χ2n) is 7.11. The largest absolute Gasteiger partial charge is 0.484 e. The molecule has 2 N–H and O–H groups in total. The summed E-state index contributed by atoms with van der Waals surface area (Å²) in [6, 6.07) is 33.2. The minimum absolute atomic E-state index is 0.123. The van der Waals surface area contributed by atoms with E-state index in [-0.39, 0.29) is 12.0 Å². The number of hydrogen-bond acceptors (Lipinski definition) is 2. The highest BCUT2D eigenvalue weighted by Crippen LogP contribution is 2.39. The zero-order chi connectivity index (χ0) is 19.3. The minimum Gasteiger partial charge on any atom is -0.484 e. The van der Waals surface area contributed by atoms with Crippen LogP contribution in [0.2, 0.25) is 0 Å². The Morgan fingerprint density at radius 1 is 0.750 bits per heavy atom. The van der Waals surface area contributed by atoms with Crippen molar-refractivity contribution in [1.82, 2.24) is 0 Å². The highest BCUT2D eigenvalue weighted by atomic mass is 16.5. The van der Waals surface area contributed by atoms with Gasteiger partial charge in [-0.05, 0) is 41.1 Å². The van der Waals surface area contributed by atoms with Gasteiger partial charge in [0.05, 0.1) is 0 Å². The van der Waals surface area contributed by atoms with Crippen molar-refractivity contribution in [3.63, 3.8) is 0 Å². The molecule has 140 valence electrons. The average Bonchev–Trinajstić information content (AvgIpc) is 2.74. The molecular weight excluding hydrogens is 342 g/mol. The molecule has 0 aliphatic heterocycles. The predicted octanol–water partition coefficient (Wildman–Crippen LogP) is 6.74. The Kier molecular flexibility index (Phi) is 5.29. The predicted molar refractivity (Wildman–Crippen MR) is 118 cm³/mol. The first-order valence-corrected chi connectivity index (χ1v) is 9.81. The first-order valence-electron chi connectivity index (χ1n) is 9.81. The van der Waals surface area contributed by atoms with Crippen molar-refractivity contribution in [2.24, 2.45) is 0 Å². The van der Waals surface area contributed by atoms with Crippen LogP contribution in [0.3, 0.4) is 0 Å². The summed E-state index contributed by atoms with van der Waals surface area (Å²) in [5.41, 5.74) is 9.24. The number of nitrogens with two attached hydrogens (primary N) is 1. The Balaban J connectivity index is 1.81. The van der Waals surface area contributed by atoms with Crippen LogP contribution < -0.4 is 10.5 Å². The van der Waals surface area contributed by atoms with Crippen LogP contribution in [0, 0.1) is 0 Å². The third-order valence-electron chi connectivity index (χ3n) is 5.28. The van der Waals surface area contributed by atoms with E-state index in [2.05, 4.69) is 85.8 Å². The third-order valence-corrected chi connectivity index (χ3v) is 5.28. The highest BCUT2D eigenvalue weighted by molar-refractivity contribution is 5.88. The maximum absolute atomic E-state index is 6.72. The Bertz CT molecular complexity index is 1050. The molecule has 0 spiro atoms. The van der Waals surface area contributed by atoms with Gasteiger partial charge in [0.25, 0.3) is 0 Å². The average molecular weight is 367 g/mol. The van der Waals surface area contributed by atoms with Crippen LogP contribution >= 0.6 is 0 Å².